The van der Waals surface area contributed by atoms with Gasteiger partial charge in [-0.3, -0.25) is 4.55 Å². The number of rotatable bonds is 3. The molecule has 0 spiro atoms. The smallest absolute Gasteiger partial charge is 0.298 e. The monoisotopic (exact) mass is 346 g/mol. The maximum Gasteiger partial charge on any atom is 0.298 e. The number of fused-ring (bicyclic) bond motifs is 1. The Bertz CT molecular complexity index is 994. The third kappa shape index (κ3) is 3.29. The van der Waals surface area contributed by atoms with Gasteiger partial charge in [0.15, 0.2) is 0 Å². The fraction of sp³-hybridized carbons (Fsp3) is 0.222. The topological polar surface area (TPSA) is 76.7 Å². The molecular formula is C18H18O5S. The first-order valence-electron chi connectivity index (χ1n) is 7.42. The standard InChI is InChI=1S/C18H18O5S/c1-18(2,3)13-4-6-16(17(11-13)24(19,20)21)23-14-5-7-15-12(10-14)8-9-22-15/h4-11H,1-3H3,(H,19,20,21). The molecule has 0 radical (unpaired) electrons. The van der Waals surface area contributed by atoms with Crippen molar-refractivity contribution in [1.82, 2.24) is 0 Å². The second kappa shape index (κ2) is 5.65. The molecule has 0 atom stereocenters. The van der Waals surface area contributed by atoms with E-state index in [0.717, 1.165) is 10.9 Å². The van der Waals surface area contributed by atoms with Crippen molar-refractivity contribution in [2.75, 3.05) is 0 Å². The van der Waals surface area contributed by atoms with Crippen molar-refractivity contribution < 1.29 is 22.1 Å². The summed E-state index contributed by atoms with van der Waals surface area (Å²) in [7, 11) is -4.41. The summed E-state index contributed by atoms with van der Waals surface area (Å²) >= 11 is 0. The van der Waals surface area contributed by atoms with Crippen LogP contribution in [-0.4, -0.2) is 13.0 Å². The summed E-state index contributed by atoms with van der Waals surface area (Å²) in [5.41, 5.74) is 1.24. The number of hydrogen-bond acceptors (Lipinski definition) is 4. The fourth-order valence-electron chi connectivity index (χ4n) is 2.40. The Morgan fingerprint density at radius 1 is 1.04 bits per heavy atom. The van der Waals surface area contributed by atoms with Crippen LogP contribution in [0.25, 0.3) is 11.0 Å². The first kappa shape index (κ1) is 16.5. The van der Waals surface area contributed by atoms with E-state index in [9.17, 15) is 13.0 Å². The molecule has 0 bridgehead atoms. The number of ether oxygens (including phenoxy) is 1. The summed E-state index contributed by atoms with van der Waals surface area (Å²) in [5.74, 6) is 0.533. The Hall–Kier alpha value is -2.31. The molecule has 0 saturated heterocycles. The molecule has 0 fully saturated rings. The molecule has 0 saturated carbocycles. The summed E-state index contributed by atoms with van der Waals surface area (Å²) < 4.78 is 44.0. The molecule has 0 amide bonds. The molecule has 3 aromatic rings. The first-order chi connectivity index (χ1) is 11.1. The van der Waals surface area contributed by atoms with E-state index in [0.29, 0.717) is 11.3 Å². The Morgan fingerprint density at radius 2 is 1.79 bits per heavy atom. The average Bonchev–Trinajstić information content (AvgIpc) is 2.93. The third-order valence-electron chi connectivity index (χ3n) is 3.74. The lowest BCUT2D eigenvalue weighted by Crippen LogP contribution is -2.12. The van der Waals surface area contributed by atoms with Crippen molar-refractivity contribution >= 4 is 21.1 Å². The Balaban J connectivity index is 2.06. The predicted octanol–water partition coefficient (Wildman–Crippen LogP) is 4.77. The molecule has 2 aromatic carbocycles. The molecule has 0 aliphatic rings. The lowest BCUT2D eigenvalue weighted by Gasteiger charge is -2.20. The third-order valence-corrected chi connectivity index (χ3v) is 4.61. The van der Waals surface area contributed by atoms with Gasteiger partial charge in [-0.2, -0.15) is 8.42 Å². The van der Waals surface area contributed by atoms with Crippen LogP contribution in [0.4, 0.5) is 0 Å². The summed E-state index contributed by atoms with van der Waals surface area (Å²) in [6.45, 7) is 5.89. The van der Waals surface area contributed by atoms with Crippen LogP contribution >= 0.6 is 0 Å². The van der Waals surface area contributed by atoms with E-state index in [4.69, 9.17) is 9.15 Å². The molecule has 1 aromatic heterocycles. The zero-order valence-electron chi connectivity index (χ0n) is 13.6. The molecule has 3 rings (SSSR count). The molecule has 1 heterocycles. The van der Waals surface area contributed by atoms with Gasteiger partial charge in [-0.15, -0.1) is 0 Å². The quantitative estimate of drug-likeness (QED) is 0.691. The highest BCUT2D eigenvalue weighted by atomic mass is 32.2. The van der Waals surface area contributed by atoms with Gasteiger partial charge in [0.25, 0.3) is 10.1 Å². The zero-order chi connectivity index (χ0) is 17.5. The second-order valence-electron chi connectivity index (χ2n) is 6.61. The highest BCUT2D eigenvalue weighted by Gasteiger charge is 2.22. The number of furan rings is 1. The van der Waals surface area contributed by atoms with Gasteiger partial charge in [0.1, 0.15) is 22.0 Å². The predicted molar refractivity (Wildman–Crippen MR) is 91.2 cm³/mol. The van der Waals surface area contributed by atoms with E-state index in [1.165, 1.54) is 6.07 Å². The SMILES string of the molecule is CC(C)(C)c1ccc(Oc2ccc3occc3c2)c(S(=O)(=O)O)c1. The van der Waals surface area contributed by atoms with Crippen LogP contribution in [0.2, 0.25) is 0 Å². The van der Waals surface area contributed by atoms with Gasteiger partial charge < -0.3 is 9.15 Å². The summed E-state index contributed by atoms with van der Waals surface area (Å²) in [6.07, 6.45) is 1.57. The minimum Gasteiger partial charge on any atom is -0.464 e. The van der Waals surface area contributed by atoms with Crippen LogP contribution in [-0.2, 0) is 15.5 Å². The molecule has 0 aliphatic carbocycles. The Kier molecular flexibility index (Phi) is 3.89. The van der Waals surface area contributed by atoms with E-state index in [1.807, 2.05) is 20.8 Å². The highest BCUT2D eigenvalue weighted by molar-refractivity contribution is 7.86. The van der Waals surface area contributed by atoms with E-state index in [2.05, 4.69) is 0 Å². The van der Waals surface area contributed by atoms with Crippen LogP contribution in [0.5, 0.6) is 11.5 Å². The number of hydrogen-bond donors (Lipinski definition) is 1. The molecule has 0 aliphatic heterocycles. The van der Waals surface area contributed by atoms with E-state index in [1.54, 1.807) is 42.7 Å². The van der Waals surface area contributed by atoms with Crippen LogP contribution in [0.15, 0.2) is 58.0 Å². The van der Waals surface area contributed by atoms with Crippen molar-refractivity contribution in [3.05, 3.63) is 54.3 Å². The molecule has 1 N–H and O–H groups in total. The minimum atomic E-state index is -4.41. The van der Waals surface area contributed by atoms with Gasteiger partial charge >= 0.3 is 0 Å². The van der Waals surface area contributed by atoms with Crippen LogP contribution in [0.1, 0.15) is 26.3 Å². The van der Waals surface area contributed by atoms with Crippen LogP contribution < -0.4 is 4.74 Å². The second-order valence-corrected chi connectivity index (χ2v) is 8.00. The molecule has 6 heteroatoms. The molecule has 126 valence electrons. The van der Waals surface area contributed by atoms with Crippen molar-refractivity contribution in [3.8, 4) is 11.5 Å². The maximum absolute atomic E-state index is 11.8. The minimum absolute atomic E-state index is 0.0772. The van der Waals surface area contributed by atoms with Crippen molar-refractivity contribution in [2.45, 2.75) is 31.1 Å². The normalized spacial score (nSPS) is 12.5. The Morgan fingerprint density at radius 3 is 2.46 bits per heavy atom. The van der Waals surface area contributed by atoms with Gasteiger partial charge in [0.2, 0.25) is 0 Å². The van der Waals surface area contributed by atoms with Gasteiger partial charge in [0, 0.05) is 5.39 Å². The van der Waals surface area contributed by atoms with Gasteiger partial charge in [0.05, 0.1) is 6.26 Å². The highest BCUT2D eigenvalue weighted by Crippen LogP contribution is 2.34. The lowest BCUT2D eigenvalue weighted by atomic mass is 9.87. The van der Waals surface area contributed by atoms with Gasteiger partial charge in [-0.25, -0.2) is 0 Å². The van der Waals surface area contributed by atoms with Gasteiger partial charge in [-0.05, 0) is 47.4 Å². The lowest BCUT2D eigenvalue weighted by molar-refractivity contribution is 0.448. The van der Waals surface area contributed by atoms with Crippen molar-refractivity contribution in [1.29, 1.82) is 0 Å². The Labute approximate surface area is 140 Å². The maximum atomic E-state index is 11.8. The van der Waals surface area contributed by atoms with Crippen LogP contribution in [0, 0.1) is 0 Å². The fourth-order valence-corrected chi connectivity index (χ4v) is 3.04. The van der Waals surface area contributed by atoms with Gasteiger partial charge in [-0.1, -0.05) is 26.8 Å². The molecule has 24 heavy (non-hydrogen) atoms. The van der Waals surface area contributed by atoms with Crippen molar-refractivity contribution in [2.24, 2.45) is 0 Å². The molecule has 0 unspecified atom stereocenters. The van der Waals surface area contributed by atoms with E-state index in [-0.39, 0.29) is 16.1 Å². The zero-order valence-corrected chi connectivity index (χ0v) is 14.4. The van der Waals surface area contributed by atoms with Crippen LogP contribution in [0.3, 0.4) is 0 Å². The molecule has 5 nitrogen and oxygen atoms in total. The summed E-state index contributed by atoms with van der Waals surface area (Å²) in [5, 5.41) is 0.840. The summed E-state index contributed by atoms with van der Waals surface area (Å²) in [6, 6.07) is 11.7. The summed E-state index contributed by atoms with van der Waals surface area (Å²) in [4.78, 5) is -0.248. The first-order valence-corrected chi connectivity index (χ1v) is 8.86. The van der Waals surface area contributed by atoms with Crippen molar-refractivity contribution in [3.63, 3.8) is 0 Å². The largest absolute Gasteiger partial charge is 0.464 e. The van der Waals surface area contributed by atoms with E-state index < -0.39 is 10.1 Å². The average molecular weight is 346 g/mol. The molecular weight excluding hydrogens is 328 g/mol. The van der Waals surface area contributed by atoms with E-state index >= 15 is 0 Å². The number of benzene rings is 2.